The van der Waals surface area contributed by atoms with E-state index in [2.05, 4.69) is 0 Å². The van der Waals surface area contributed by atoms with E-state index in [9.17, 15) is 14.4 Å². The van der Waals surface area contributed by atoms with Crippen molar-refractivity contribution in [2.45, 2.75) is 25.4 Å². The first-order valence-electron chi connectivity index (χ1n) is 7.39. The monoisotopic (exact) mass is 301 g/mol. The van der Waals surface area contributed by atoms with Gasteiger partial charge in [0.2, 0.25) is 0 Å². The molecule has 0 unspecified atom stereocenters. The Balaban J connectivity index is 1.69. The molecule has 0 aromatic heterocycles. The lowest BCUT2D eigenvalue weighted by molar-refractivity contribution is -0.125. The van der Waals surface area contributed by atoms with Gasteiger partial charge in [0.05, 0.1) is 6.54 Å². The fourth-order valence-electron chi connectivity index (χ4n) is 2.58. The van der Waals surface area contributed by atoms with Crippen molar-refractivity contribution in [3.8, 4) is 0 Å². The topological polar surface area (TPSA) is 60.9 Å². The molecule has 116 valence electrons. The van der Waals surface area contributed by atoms with Crippen molar-refractivity contribution in [2.75, 3.05) is 20.6 Å². The lowest BCUT2D eigenvalue weighted by atomic mass is 10.1. The summed E-state index contributed by atoms with van der Waals surface area (Å²) in [6.45, 7) is 0.456. The zero-order valence-electron chi connectivity index (χ0n) is 12.8. The number of hydrogen-bond acceptors (Lipinski definition) is 3. The van der Waals surface area contributed by atoms with Gasteiger partial charge in [0.1, 0.15) is 6.54 Å². The first-order valence-corrected chi connectivity index (χ1v) is 7.39. The molecule has 2 fully saturated rings. The van der Waals surface area contributed by atoms with Gasteiger partial charge in [-0.15, -0.1) is 0 Å². The molecule has 0 N–H and O–H groups in total. The number of hydrogen-bond donors (Lipinski definition) is 0. The number of rotatable bonds is 4. The van der Waals surface area contributed by atoms with Crippen molar-refractivity contribution in [3.63, 3.8) is 0 Å². The van der Waals surface area contributed by atoms with E-state index >= 15 is 0 Å². The molecule has 1 aliphatic heterocycles. The van der Waals surface area contributed by atoms with E-state index in [1.165, 1.54) is 9.80 Å². The largest absolute Gasteiger partial charge is 0.345 e. The summed E-state index contributed by atoms with van der Waals surface area (Å²) in [5.41, 5.74) is 1.43. The molecular weight excluding hydrogens is 282 g/mol. The van der Waals surface area contributed by atoms with Crippen LogP contribution in [0.25, 0.3) is 0 Å². The molecule has 3 rings (SSSR count). The third-order valence-electron chi connectivity index (χ3n) is 4.02. The normalized spacial score (nSPS) is 18.1. The van der Waals surface area contributed by atoms with Crippen LogP contribution in [0.15, 0.2) is 24.3 Å². The highest BCUT2D eigenvalue weighted by molar-refractivity contribution is 6.02. The van der Waals surface area contributed by atoms with Gasteiger partial charge >= 0.3 is 6.03 Å². The van der Waals surface area contributed by atoms with Gasteiger partial charge in [0.15, 0.2) is 0 Å². The molecule has 1 aromatic carbocycles. The van der Waals surface area contributed by atoms with Crippen LogP contribution in [0.2, 0.25) is 0 Å². The number of benzene rings is 1. The lowest BCUT2D eigenvalue weighted by Crippen LogP contribution is -2.33. The number of nitrogens with zero attached hydrogens (tertiary/aromatic N) is 3. The van der Waals surface area contributed by atoms with E-state index in [4.69, 9.17) is 0 Å². The molecule has 1 aromatic rings. The maximum absolute atomic E-state index is 12.2. The van der Waals surface area contributed by atoms with Crippen molar-refractivity contribution in [2.24, 2.45) is 0 Å². The summed E-state index contributed by atoms with van der Waals surface area (Å²) in [6.07, 6.45) is 1.99. The second-order valence-electron chi connectivity index (χ2n) is 6.02. The SMILES string of the molecule is CN(C)C(=O)c1ccc(CN2C(=O)CN(C3CC3)C2=O)cc1. The molecule has 2 aliphatic rings. The Morgan fingerprint density at radius 3 is 2.36 bits per heavy atom. The summed E-state index contributed by atoms with van der Waals surface area (Å²) < 4.78 is 0. The van der Waals surface area contributed by atoms with Crippen molar-refractivity contribution in [3.05, 3.63) is 35.4 Å². The van der Waals surface area contributed by atoms with Crippen molar-refractivity contribution < 1.29 is 14.4 Å². The second kappa shape index (κ2) is 5.44. The van der Waals surface area contributed by atoms with Crippen LogP contribution < -0.4 is 0 Å². The number of carbonyl (C=O) groups excluding carboxylic acids is 3. The second-order valence-corrected chi connectivity index (χ2v) is 6.02. The van der Waals surface area contributed by atoms with Crippen LogP contribution in [0.1, 0.15) is 28.8 Å². The molecule has 1 aliphatic carbocycles. The van der Waals surface area contributed by atoms with Crippen LogP contribution in [0, 0.1) is 0 Å². The van der Waals surface area contributed by atoms with Crippen molar-refractivity contribution in [1.82, 2.24) is 14.7 Å². The molecule has 1 saturated carbocycles. The first-order chi connectivity index (χ1) is 10.5. The summed E-state index contributed by atoms with van der Waals surface area (Å²) in [4.78, 5) is 40.5. The number of imide groups is 1. The van der Waals surface area contributed by atoms with Gasteiger partial charge in [-0.1, -0.05) is 12.1 Å². The van der Waals surface area contributed by atoms with E-state index in [1.54, 1.807) is 43.3 Å². The molecule has 0 atom stereocenters. The molecule has 0 bridgehead atoms. The minimum atomic E-state index is -0.194. The van der Waals surface area contributed by atoms with E-state index in [1.807, 2.05) is 0 Å². The fourth-order valence-corrected chi connectivity index (χ4v) is 2.58. The highest BCUT2D eigenvalue weighted by Gasteiger charge is 2.43. The van der Waals surface area contributed by atoms with Gasteiger partial charge in [-0.3, -0.25) is 14.5 Å². The molecule has 0 radical (unpaired) electrons. The van der Waals surface area contributed by atoms with Gasteiger partial charge in [0.25, 0.3) is 11.8 Å². The predicted molar refractivity (Wildman–Crippen MR) is 80.1 cm³/mol. The van der Waals surface area contributed by atoms with E-state index in [0.717, 1.165) is 18.4 Å². The first kappa shape index (κ1) is 14.6. The van der Waals surface area contributed by atoms with Crippen LogP contribution in [0.5, 0.6) is 0 Å². The molecule has 1 heterocycles. The third kappa shape index (κ3) is 2.68. The standard InChI is InChI=1S/C16H19N3O3/c1-17(2)15(21)12-5-3-11(4-6-12)9-19-14(20)10-18(16(19)22)13-7-8-13/h3-6,13H,7-10H2,1-2H3. The van der Waals surface area contributed by atoms with Crippen LogP contribution in [-0.2, 0) is 11.3 Å². The zero-order chi connectivity index (χ0) is 15.9. The summed E-state index contributed by atoms with van der Waals surface area (Å²) >= 11 is 0. The van der Waals surface area contributed by atoms with Gasteiger partial charge in [0, 0.05) is 25.7 Å². The van der Waals surface area contributed by atoms with Crippen LogP contribution >= 0.6 is 0 Å². The minimum absolute atomic E-state index is 0.0696. The molecule has 0 spiro atoms. The summed E-state index contributed by atoms with van der Waals surface area (Å²) in [7, 11) is 3.40. The van der Waals surface area contributed by atoms with Crippen molar-refractivity contribution in [1.29, 1.82) is 0 Å². The highest BCUT2D eigenvalue weighted by atomic mass is 16.2. The highest BCUT2D eigenvalue weighted by Crippen LogP contribution is 2.30. The Kier molecular flexibility index (Phi) is 3.60. The Hall–Kier alpha value is -2.37. The smallest absolute Gasteiger partial charge is 0.327 e. The number of urea groups is 1. The molecule has 1 saturated heterocycles. The van der Waals surface area contributed by atoms with E-state index in [0.29, 0.717) is 5.56 Å². The van der Waals surface area contributed by atoms with Crippen LogP contribution in [0.4, 0.5) is 4.79 Å². The quantitative estimate of drug-likeness (QED) is 0.788. The molecule has 4 amide bonds. The summed E-state index contributed by atoms with van der Waals surface area (Å²) in [5, 5.41) is 0. The lowest BCUT2D eigenvalue weighted by Gasteiger charge is -2.17. The summed E-state index contributed by atoms with van der Waals surface area (Å²) in [6, 6.07) is 7.08. The Morgan fingerprint density at radius 2 is 1.82 bits per heavy atom. The van der Waals surface area contributed by atoms with Gasteiger partial charge < -0.3 is 9.80 Å². The minimum Gasteiger partial charge on any atom is -0.345 e. The van der Waals surface area contributed by atoms with E-state index in [-0.39, 0.29) is 37.0 Å². The fraction of sp³-hybridized carbons (Fsp3) is 0.438. The van der Waals surface area contributed by atoms with Crippen LogP contribution in [0.3, 0.4) is 0 Å². The molecule has 6 heteroatoms. The third-order valence-corrected chi connectivity index (χ3v) is 4.02. The average Bonchev–Trinajstić information content (AvgIpc) is 3.30. The Bertz CT molecular complexity index is 620. The summed E-state index contributed by atoms with van der Waals surface area (Å²) in [5.74, 6) is -0.217. The van der Waals surface area contributed by atoms with Crippen molar-refractivity contribution >= 4 is 17.8 Å². The molecular formula is C16H19N3O3. The zero-order valence-corrected chi connectivity index (χ0v) is 12.8. The molecule has 6 nitrogen and oxygen atoms in total. The molecule has 22 heavy (non-hydrogen) atoms. The Morgan fingerprint density at radius 1 is 1.18 bits per heavy atom. The van der Waals surface area contributed by atoms with Gasteiger partial charge in [-0.25, -0.2) is 4.79 Å². The van der Waals surface area contributed by atoms with E-state index < -0.39 is 0 Å². The number of amides is 4. The maximum atomic E-state index is 12.2. The number of carbonyl (C=O) groups is 3. The average molecular weight is 301 g/mol. The van der Waals surface area contributed by atoms with Gasteiger partial charge in [-0.2, -0.15) is 0 Å². The van der Waals surface area contributed by atoms with Gasteiger partial charge in [-0.05, 0) is 30.5 Å². The maximum Gasteiger partial charge on any atom is 0.327 e. The Labute approximate surface area is 129 Å². The van der Waals surface area contributed by atoms with Crippen LogP contribution in [-0.4, -0.2) is 59.2 Å². The predicted octanol–water partition coefficient (Wildman–Crippen LogP) is 1.31.